The van der Waals surface area contributed by atoms with Crippen LogP contribution in [-0.2, 0) is 4.79 Å². The number of nitrogens with one attached hydrogen (secondary N) is 1. The molecule has 30 heavy (non-hydrogen) atoms. The SMILES string of the molecule is COc1ccc(C(=O)N[C@@H](CC(=O)O)c2ccc(C)cc2)nc1-c1cccc(C)c1. The molecule has 1 atom stereocenters. The van der Waals surface area contributed by atoms with Gasteiger partial charge in [0.05, 0.1) is 19.6 Å². The summed E-state index contributed by atoms with van der Waals surface area (Å²) in [5.74, 6) is -0.889. The van der Waals surface area contributed by atoms with E-state index in [2.05, 4.69) is 10.3 Å². The number of hydrogen-bond donors (Lipinski definition) is 2. The zero-order chi connectivity index (χ0) is 21.7. The van der Waals surface area contributed by atoms with Crippen LogP contribution in [0, 0.1) is 13.8 Å². The molecule has 1 aromatic heterocycles. The number of carbonyl (C=O) groups is 2. The molecule has 2 aromatic carbocycles. The summed E-state index contributed by atoms with van der Waals surface area (Å²) < 4.78 is 5.42. The Morgan fingerprint density at radius 1 is 1.03 bits per heavy atom. The van der Waals surface area contributed by atoms with Gasteiger partial charge in [-0.3, -0.25) is 9.59 Å². The van der Waals surface area contributed by atoms with Gasteiger partial charge in [-0.15, -0.1) is 0 Å². The summed E-state index contributed by atoms with van der Waals surface area (Å²) in [6.45, 7) is 3.92. The third kappa shape index (κ3) is 5.03. The number of benzene rings is 2. The molecule has 0 aliphatic heterocycles. The topological polar surface area (TPSA) is 88.5 Å². The monoisotopic (exact) mass is 404 g/mol. The number of aromatic nitrogens is 1. The van der Waals surface area contributed by atoms with E-state index in [1.807, 2.05) is 62.4 Å². The molecule has 0 saturated heterocycles. The number of aryl methyl sites for hydroxylation is 2. The van der Waals surface area contributed by atoms with Crippen LogP contribution in [0.4, 0.5) is 0 Å². The first-order chi connectivity index (χ1) is 14.4. The third-order valence-electron chi connectivity index (χ3n) is 4.77. The predicted octanol–water partition coefficient (Wildman–Crippen LogP) is 4.32. The first kappa shape index (κ1) is 21.0. The lowest BCUT2D eigenvalue weighted by Crippen LogP contribution is -2.30. The van der Waals surface area contributed by atoms with Crippen molar-refractivity contribution in [3.05, 3.63) is 83.0 Å². The number of ether oxygens (including phenoxy) is 1. The predicted molar refractivity (Wildman–Crippen MR) is 115 cm³/mol. The largest absolute Gasteiger partial charge is 0.494 e. The first-order valence-corrected chi connectivity index (χ1v) is 9.58. The average molecular weight is 404 g/mol. The van der Waals surface area contributed by atoms with Crippen LogP contribution < -0.4 is 10.1 Å². The van der Waals surface area contributed by atoms with Crippen LogP contribution in [0.25, 0.3) is 11.3 Å². The molecule has 2 N–H and O–H groups in total. The second-order valence-electron chi connectivity index (χ2n) is 7.15. The van der Waals surface area contributed by atoms with E-state index >= 15 is 0 Å². The number of aliphatic carboxylic acids is 1. The van der Waals surface area contributed by atoms with Gasteiger partial charge in [0.1, 0.15) is 17.1 Å². The van der Waals surface area contributed by atoms with Gasteiger partial charge in [0, 0.05) is 5.56 Å². The van der Waals surface area contributed by atoms with Crippen LogP contribution >= 0.6 is 0 Å². The van der Waals surface area contributed by atoms with Crippen LogP contribution in [0.15, 0.2) is 60.7 Å². The van der Waals surface area contributed by atoms with Gasteiger partial charge in [-0.05, 0) is 37.6 Å². The maximum absolute atomic E-state index is 12.9. The third-order valence-corrected chi connectivity index (χ3v) is 4.77. The smallest absolute Gasteiger partial charge is 0.305 e. The molecule has 0 spiro atoms. The molecule has 0 fully saturated rings. The van der Waals surface area contributed by atoms with Crippen molar-refractivity contribution < 1.29 is 19.4 Å². The number of amides is 1. The number of carboxylic acid groups (broad SMARTS) is 1. The minimum atomic E-state index is -0.996. The molecule has 1 amide bonds. The molecule has 0 aliphatic rings. The lowest BCUT2D eigenvalue weighted by molar-refractivity contribution is -0.137. The van der Waals surface area contributed by atoms with Gasteiger partial charge >= 0.3 is 5.97 Å². The number of carbonyl (C=O) groups excluding carboxylic acids is 1. The number of methoxy groups -OCH3 is 1. The fourth-order valence-electron chi connectivity index (χ4n) is 3.19. The Morgan fingerprint density at radius 2 is 1.77 bits per heavy atom. The standard InChI is InChI=1S/C24H24N2O4/c1-15-7-9-17(10-8-15)20(14-22(27)28)26-24(29)19-11-12-21(30-3)23(25-19)18-6-4-5-16(2)13-18/h4-13,20H,14H2,1-3H3,(H,26,29)(H,27,28)/t20-/m0/s1. The normalized spacial score (nSPS) is 11.6. The number of pyridine rings is 1. The minimum Gasteiger partial charge on any atom is -0.494 e. The zero-order valence-corrected chi connectivity index (χ0v) is 17.2. The van der Waals surface area contributed by atoms with Crippen molar-refractivity contribution in [2.75, 3.05) is 7.11 Å². The Bertz CT molecular complexity index is 1060. The molecular weight excluding hydrogens is 380 g/mol. The highest BCUT2D eigenvalue weighted by Gasteiger charge is 2.21. The Kier molecular flexibility index (Phi) is 6.47. The second kappa shape index (κ2) is 9.22. The molecule has 0 saturated carbocycles. The van der Waals surface area contributed by atoms with Crippen molar-refractivity contribution in [2.24, 2.45) is 0 Å². The van der Waals surface area contributed by atoms with Crippen molar-refractivity contribution in [3.63, 3.8) is 0 Å². The first-order valence-electron chi connectivity index (χ1n) is 9.58. The molecule has 0 radical (unpaired) electrons. The van der Waals surface area contributed by atoms with Crippen LogP contribution in [0.1, 0.15) is 39.6 Å². The summed E-state index contributed by atoms with van der Waals surface area (Å²) >= 11 is 0. The van der Waals surface area contributed by atoms with E-state index in [0.29, 0.717) is 11.4 Å². The molecule has 0 bridgehead atoms. The van der Waals surface area contributed by atoms with Gasteiger partial charge < -0.3 is 15.2 Å². The highest BCUT2D eigenvalue weighted by molar-refractivity contribution is 5.93. The molecule has 0 aliphatic carbocycles. The van der Waals surface area contributed by atoms with Crippen molar-refractivity contribution in [1.29, 1.82) is 0 Å². The quantitative estimate of drug-likeness (QED) is 0.612. The molecule has 154 valence electrons. The van der Waals surface area contributed by atoms with Crippen molar-refractivity contribution >= 4 is 11.9 Å². The van der Waals surface area contributed by atoms with Gasteiger partial charge in [-0.2, -0.15) is 0 Å². The summed E-state index contributed by atoms with van der Waals surface area (Å²) in [5.41, 5.74) is 4.42. The summed E-state index contributed by atoms with van der Waals surface area (Å²) in [6.07, 6.45) is -0.226. The van der Waals surface area contributed by atoms with Gasteiger partial charge in [-0.25, -0.2) is 4.98 Å². The fraction of sp³-hybridized carbons (Fsp3) is 0.208. The summed E-state index contributed by atoms with van der Waals surface area (Å²) in [4.78, 5) is 28.8. The van der Waals surface area contributed by atoms with Gasteiger partial charge in [0.25, 0.3) is 5.91 Å². The molecule has 0 unspecified atom stereocenters. The Balaban J connectivity index is 1.92. The van der Waals surface area contributed by atoms with Crippen molar-refractivity contribution in [1.82, 2.24) is 10.3 Å². The molecule has 6 nitrogen and oxygen atoms in total. The molecule has 3 aromatic rings. The van der Waals surface area contributed by atoms with E-state index in [-0.39, 0.29) is 12.1 Å². The number of nitrogens with zero attached hydrogens (tertiary/aromatic N) is 1. The molecular formula is C24H24N2O4. The van der Waals surface area contributed by atoms with E-state index < -0.39 is 17.9 Å². The van der Waals surface area contributed by atoms with Crippen molar-refractivity contribution in [2.45, 2.75) is 26.3 Å². The van der Waals surface area contributed by atoms with E-state index in [1.165, 1.54) is 0 Å². The zero-order valence-electron chi connectivity index (χ0n) is 17.2. The Labute approximate surface area is 175 Å². The second-order valence-corrected chi connectivity index (χ2v) is 7.15. The molecule has 3 rings (SSSR count). The van der Waals surface area contributed by atoms with Crippen LogP contribution in [-0.4, -0.2) is 29.1 Å². The minimum absolute atomic E-state index is 0.190. The van der Waals surface area contributed by atoms with Crippen LogP contribution in [0.3, 0.4) is 0 Å². The number of carboxylic acids is 1. The number of rotatable bonds is 7. The van der Waals surface area contributed by atoms with Gasteiger partial charge in [0.15, 0.2) is 0 Å². The van der Waals surface area contributed by atoms with E-state index in [1.54, 1.807) is 19.2 Å². The maximum Gasteiger partial charge on any atom is 0.305 e. The highest BCUT2D eigenvalue weighted by Crippen LogP contribution is 2.29. The van der Waals surface area contributed by atoms with Gasteiger partial charge in [-0.1, -0.05) is 53.6 Å². The van der Waals surface area contributed by atoms with Gasteiger partial charge in [0.2, 0.25) is 0 Å². The van der Waals surface area contributed by atoms with Crippen molar-refractivity contribution in [3.8, 4) is 17.0 Å². The Hall–Kier alpha value is -3.67. The lowest BCUT2D eigenvalue weighted by Gasteiger charge is -2.18. The van der Waals surface area contributed by atoms with Crippen LogP contribution in [0.2, 0.25) is 0 Å². The highest BCUT2D eigenvalue weighted by atomic mass is 16.5. The van der Waals surface area contributed by atoms with E-state index in [0.717, 1.165) is 22.3 Å². The lowest BCUT2D eigenvalue weighted by atomic mass is 10.0. The van der Waals surface area contributed by atoms with E-state index in [9.17, 15) is 14.7 Å². The fourth-order valence-corrected chi connectivity index (χ4v) is 3.19. The van der Waals surface area contributed by atoms with E-state index in [4.69, 9.17) is 4.74 Å². The molecule has 1 heterocycles. The molecule has 6 heteroatoms. The summed E-state index contributed by atoms with van der Waals surface area (Å²) in [7, 11) is 1.55. The summed E-state index contributed by atoms with van der Waals surface area (Å²) in [5, 5.41) is 12.1. The van der Waals surface area contributed by atoms with Crippen LogP contribution in [0.5, 0.6) is 5.75 Å². The average Bonchev–Trinajstić information content (AvgIpc) is 2.73. The summed E-state index contributed by atoms with van der Waals surface area (Å²) in [6, 6.07) is 17.8. The Morgan fingerprint density at radius 3 is 2.40 bits per heavy atom. The maximum atomic E-state index is 12.9. The number of hydrogen-bond acceptors (Lipinski definition) is 4.